The van der Waals surface area contributed by atoms with E-state index >= 15 is 0 Å². The van der Waals surface area contributed by atoms with Gasteiger partial charge in [-0.15, -0.1) is 0 Å². The molecule has 2 N–H and O–H groups in total. The van der Waals surface area contributed by atoms with E-state index in [0.717, 1.165) is 19.5 Å². The molecule has 1 heterocycles. The third-order valence-electron chi connectivity index (χ3n) is 2.91. The molecule has 0 amide bonds. The fourth-order valence-electron chi connectivity index (χ4n) is 1.84. The standard InChI is InChI=1S/C15H18N2/c1-2-13-5-7-14(8-6-13)10-17-12-15-4-3-9-16-11-15/h3-9,11,17H,2,10,12H2,1H3/p+1. The fraction of sp³-hybridized carbons (Fsp3) is 0.267. The summed E-state index contributed by atoms with van der Waals surface area (Å²) in [6.07, 6.45) is 4.85. The Morgan fingerprint density at radius 2 is 1.65 bits per heavy atom. The van der Waals surface area contributed by atoms with Gasteiger partial charge in [0.1, 0.15) is 13.1 Å². The summed E-state index contributed by atoms with van der Waals surface area (Å²) in [4.78, 5) is 4.11. The molecule has 0 aliphatic heterocycles. The van der Waals surface area contributed by atoms with Crippen molar-refractivity contribution in [2.45, 2.75) is 26.4 Å². The fourth-order valence-corrected chi connectivity index (χ4v) is 1.84. The molecule has 0 atom stereocenters. The van der Waals surface area contributed by atoms with Crippen molar-refractivity contribution in [3.8, 4) is 0 Å². The van der Waals surface area contributed by atoms with E-state index in [2.05, 4.69) is 47.6 Å². The van der Waals surface area contributed by atoms with E-state index in [1.54, 1.807) is 0 Å². The molecular weight excluding hydrogens is 208 g/mol. The maximum atomic E-state index is 4.11. The van der Waals surface area contributed by atoms with Gasteiger partial charge in [-0.2, -0.15) is 0 Å². The third kappa shape index (κ3) is 3.68. The highest BCUT2D eigenvalue weighted by molar-refractivity contribution is 5.21. The van der Waals surface area contributed by atoms with Gasteiger partial charge in [-0.25, -0.2) is 0 Å². The summed E-state index contributed by atoms with van der Waals surface area (Å²) in [5, 5.41) is 2.30. The lowest BCUT2D eigenvalue weighted by Crippen LogP contribution is -2.80. The molecule has 0 fully saturated rings. The average Bonchev–Trinajstić information content (AvgIpc) is 2.41. The Bertz CT molecular complexity index is 434. The number of hydrogen-bond donors (Lipinski definition) is 1. The summed E-state index contributed by atoms with van der Waals surface area (Å²) in [5.41, 5.74) is 4.06. The van der Waals surface area contributed by atoms with E-state index < -0.39 is 0 Å². The van der Waals surface area contributed by atoms with Crippen LogP contribution in [-0.4, -0.2) is 4.98 Å². The number of hydrogen-bond acceptors (Lipinski definition) is 1. The Labute approximate surface area is 103 Å². The first-order valence-electron chi connectivity index (χ1n) is 6.17. The van der Waals surface area contributed by atoms with Crippen LogP contribution in [0.15, 0.2) is 48.8 Å². The van der Waals surface area contributed by atoms with Crippen molar-refractivity contribution in [1.29, 1.82) is 0 Å². The summed E-state index contributed by atoms with van der Waals surface area (Å²) in [7, 11) is 0. The van der Waals surface area contributed by atoms with Gasteiger partial charge in [0.2, 0.25) is 0 Å². The molecule has 2 heteroatoms. The molecule has 2 rings (SSSR count). The maximum Gasteiger partial charge on any atom is 0.103 e. The Kier molecular flexibility index (Phi) is 4.28. The van der Waals surface area contributed by atoms with Crippen LogP contribution in [0.25, 0.3) is 0 Å². The second-order valence-electron chi connectivity index (χ2n) is 4.23. The molecule has 0 saturated carbocycles. The number of pyridine rings is 1. The third-order valence-corrected chi connectivity index (χ3v) is 2.91. The molecule has 17 heavy (non-hydrogen) atoms. The highest BCUT2D eigenvalue weighted by atomic mass is 14.8. The number of quaternary nitrogens is 1. The van der Waals surface area contributed by atoms with Crippen LogP contribution in [0.4, 0.5) is 0 Å². The van der Waals surface area contributed by atoms with Gasteiger partial charge < -0.3 is 5.32 Å². The number of nitrogens with zero attached hydrogens (tertiary/aromatic N) is 1. The minimum absolute atomic E-state index is 0.989. The quantitative estimate of drug-likeness (QED) is 0.830. The zero-order valence-electron chi connectivity index (χ0n) is 10.3. The topological polar surface area (TPSA) is 29.5 Å². The SMILES string of the molecule is CCc1ccc(C[NH2+]Cc2cccnc2)cc1. The molecule has 2 aromatic rings. The minimum atomic E-state index is 0.989. The predicted molar refractivity (Wildman–Crippen MR) is 69.4 cm³/mol. The number of rotatable bonds is 5. The Hall–Kier alpha value is -1.67. The Morgan fingerprint density at radius 1 is 0.941 bits per heavy atom. The predicted octanol–water partition coefficient (Wildman–Crippen LogP) is 1.91. The molecule has 2 nitrogen and oxygen atoms in total. The molecule has 0 saturated heterocycles. The molecule has 0 bridgehead atoms. The van der Waals surface area contributed by atoms with Crippen LogP contribution in [-0.2, 0) is 19.5 Å². The normalized spacial score (nSPS) is 10.4. The molecule has 0 radical (unpaired) electrons. The van der Waals surface area contributed by atoms with Gasteiger partial charge in [-0.1, -0.05) is 37.3 Å². The monoisotopic (exact) mass is 227 g/mol. The molecule has 0 unspecified atom stereocenters. The van der Waals surface area contributed by atoms with E-state index in [1.807, 2.05) is 18.5 Å². The number of nitrogens with two attached hydrogens (primary N) is 1. The summed E-state index contributed by atoms with van der Waals surface area (Å²) in [6.45, 7) is 4.20. The van der Waals surface area contributed by atoms with Gasteiger partial charge in [0.25, 0.3) is 0 Å². The van der Waals surface area contributed by atoms with Crippen molar-refractivity contribution in [3.05, 3.63) is 65.5 Å². The lowest BCUT2D eigenvalue weighted by molar-refractivity contribution is -0.686. The molecule has 1 aromatic carbocycles. The Balaban J connectivity index is 1.82. The first-order valence-corrected chi connectivity index (χ1v) is 6.17. The van der Waals surface area contributed by atoms with Gasteiger partial charge in [0.15, 0.2) is 0 Å². The highest BCUT2D eigenvalue weighted by Crippen LogP contribution is 2.03. The average molecular weight is 227 g/mol. The lowest BCUT2D eigenvalue weighted by atomic mass is 10.1. The van der Waals surface area contributed by atoms with Crippen molar-refractivity contribution < 1.29 is 5.32 Å². The minimum Gasteiger partial charge on any atom is -0.339 e. The van der Waals surface area contributed by atoms with E-state index in [-0.39, 0.29) is 0 Å². The van der Waals surface area contributed by atoms with Gasteiger partial charge in [-0.05, 0) is 18.1 Å². The van der Waals surface area contributed by atoms with E-state index in [1.165, 1.54) is 16.7 Å². The zero-order valence-corrected chi connectivity index (χ0v) is 10.3. The van der Waals surface area contributed by atoms with Crippen LogP contribution in [0.1, 0.15) is 23.6 Å². The smallest absolute Gasteiger partial charge is 0.103 e. The van der Waals surface area contributed by atoms with Gasteiger partial charge in [0.05, 0.1) is 0 Å². The highest BCUT2D eigenvalue weighted by Gasteiger charge is 1.97. The summed E-state index contributed by atoms with van der Waals surface area (Å²) < 4.78 is 0. The van der Waals surface area contributed by atoms with Crippen LogP contribution in [0.3, 0.4) is 0 Å². The number of benzene rings is 1. The number of aromatic nitrogens is 1. The molecule has 1 aromatic heterocycles. The molecular formula is C15H19N2+. The Morgan fingerprint density at radius 3 is 2.29 bits per heavy atom. The van der Waals surface area contributed by atoms with Gasteiger partial charge in [0, 0.05) is 23.5 Å². The van der Waals surface area contributed by atoms with Crippen molar-refractivity contribution in [2.24, 2.45) is 0 Å². The summed E-state index contributed by atoms with van der Waals surface area (Å²) in [6, 6.07) is 13.0. The van der Waals surface area contributed by atoms with E-state index in [0.29, 0.717) is 0 Å². The summed E-state index contributed by atoms with van der Waals surface area (Å²) in [5.74, 6) is 0. The summed E-state index contributed by atoms with van der Waals surface area (Å²) >= 11 is 0. The van der Waals surface area contributed by atoms with Crippen LogP contribution in [0.5, 0.6) is 0 Å². The largest absolute Gasteiger partial charge is 0.339 e. The van der Waals surface area contributed by atoms with Crippen molar-refractivity contribution in [2.75, 3.05) is 0 Å². The van der Waals surface area contributed by atoms with Crippen LogP contribution in [0, 0.1) is 0 Å². The lowest BCUT2D eigenvalue weighted by Gasteiger charge is -2.03. The molecule has 0 aliphatic carbocycles. The van der Waals surface area contributed by atoms with E-state index in [4.69, 9.17) is 0 Å². The van der Waals surface area contributed by atoms with Gasteiger partial charge >= 0.3 is 0 Å². The second-order valence-corrected chi connectivity index (χ2v) is 4.23. The van der Waals surface area contributed by atoms with Crippen LogP contribution in [0.2, 0.25) is 0 Å². The van der Waals surface area contributed by atoms with Gasteiger partial charge in [-0.3, -0.25) is 4.98 Å². The van der Waals surface area contributed by atoms with Crippen LogP contribution >= 0.6 is 0 Å². The maximum absolute atomic E-state index is 4.11. The first kappa shape index (κ1) is 11.8. The molecule has 88 valence electrons. The first-order chi connectivity index (χ1) is 8.38. The van der Waals surface area contributed by atoms with Crippen molar-refractivity contribution in [3.63, 3.8) is 0 Å². The molecule has 0 aliphatic rings. The van der Waals surface area contributed by atoms with Crippen molar-refractivity contribution in [1.82, 2.24) is 4.98 Å². The number of aryl methyl sites for hydroxylation is 1. The molecule has 0 spiro atoms. The van der Waals surface area contributed by atoms with E-state index in [9.17, 15) is 0 Å². The second kappa shape index (κ2) is 6.16. The van der Waals surface area contributed by atoms with Crippen LogP contribution < -0.4 is 5.32 Å². The zero-order chi connectivity index (χ0) is 11.9. The van der Waals surface area contributed by atoms with Crippen molar-refractivity contribution >= 4 is 0 Å².